The maximum absolute atomic E-state index is 13.7. The average molecular weight is 433 g/mol. The highest BCUT2D eigenvalue weighted by atomic mass is 16.1. The van der Waals surface area contributed by atoms with Gasteiger partial charge in [0, 0.05) is 54.5 Å². The lowest BCUT2D eigenvalue weighted by Crippen LogP contribution is -2.20. The standard InChI is InChI=1S/C24H28N6O2/c1-5-19-22(20(23(25)31)16(3)29(19)12-11-17-13-26-14-27-17)21-15(2)28(4)30(24(21)32)18-9-7-6-8-10-18/h6-10,13-14H,5,11-12H2,1-4H3,(H2,25,31)(H,26,27). The molecule has 0 bridgehead atoms. The lowest BCUT2D eigenvalue weighted by molar-refractivity contribution is 0.1000. The van der Waals surface area contributed by atoms with Gasteiger partial charge in [0.2, 0.25) is 0 Å². The number of hydrogen-bond donors (Lipinski definition) is 2. The number of carbonyl (C=O) groups excluding carboxylic acids is 1. The van der Waals surface area contributed by atoms with Crippen LogP contribution in [0.25, 0.3) is 16.8 Å². The molecule has 0 saturated carbocycles. The Hall–Kier alpha value is -3.81. The summed E-state index contributed by atoms with van der Waals surface area (Å²) in [6.07, 6.45) is 4.83. The molecule has 3 heterocycles. The van der Waals surface area contributed by atoms with E-state index in [0.29, 0.717) is 29.7 Å². The van der Waals surface area contributed by atoms with Crippen LogP contribution in [0.3, 0.4) is 0 Å². The number of benzene rings is 1. The number of amides is 1. The molecule has 3 aromatic heterocycles. The van der Waals surface area contributed by atoms with Crippen molar-refractivity contribution in [1.29, 1.82) is 0 Å². The van der Waals surface area contributed by atoms with E-state index in [4.69, 9.17) is 5.73 Å². The molecule has 1 amide bonds. The number of imidazole rings is 1. The van der Waals surface area contributed by atoms with E-state index in [-0.39, 0.29) is 5.56 Å². The fraction of sp³-hybridized carbons (Fsp3) is 0.292. The number of aryl methyl sites for hydroxylation is 1. The Morgan fingerprint density at radius 3 is 2.44 bits per heavy atom. The molecule has 8 heteroatoms. The molecule has 0 radical (unpaired) electrons. The van der Waals surface area contributed by atoms with E-state index >= 15 is 0 Å². The molecule has 0 spiro atoms. The average Bonchev–Trinajstić information content (AvgIpc) is 3.44. The van der Waals surface area contributed by atoms with Gasteiger partial charge in [0.05, 0.1) is 23.1 Å². The second kappa shape index (κ2) is 8.37. The summed E-state index contributed by atoms with van der Waals surface area (Å²) >= 11 is 0. The van der Waals surface area contributed by atoms with Gasteiger partial charge in [-0.05, 0) is 32.4 Å². The Labute approximate surface area is 186 Å². The van der Waals surface area contributed by atoms with Crippen molar-refractivity contribution < 1.29 is 4.79 Å². The van der Waals surface area contributed by atoms with Crippen LogP contribution >= 0.6 is 0 Å². The molecule has 0 unspecified atom stereocenters. The molecule has 0 aliphatic rings. The van der Waals surface area contributed by atoms with E-state index in [0.717, 1.165) is 34.9 Å². The van der Waals surface area contributed by atoms with Crippen molar-refractivity contribution in [2.45, 2.75) is 40.2 Å². The van der Waals surface area contributed by atoms with Crippen LogP contribution in [0, 0.1) is 13.8 Å². The van der Waals surface area contributed by atoms with Gasteiger partial charge in [0.15, 0.2) is 0 Å². The number of para-hydroxylation sites is 1. The van der Waals surface area contributed by atoms with Crippen molar-refractivity contribution in [1.82, 2.24) is 23.9 Å². The van der Waals surface area contributed by atoms with Gasteiger partial charge in [0.1, 0.15) is 0 Å². The fourth-order valence-corrected chi connectivity index (χ4v) is 4.55. The van der Waals surface area contributed by atoms with Crippen LogP contribution in [0.1, 0.15) is 40.1 Å². The number of nitrogens with one attached hydrogen (secondary N) is 1. The maximum atomic E-state index is 13.7. The molecule has 1 aromatic carbocycles. The largest absolute Gasteiger partial charge is 0.366 e. The zero-order valence-electron chi connectivity index (χ0n) is 18.8. The lowest BCUT2D eigenvalue weighted by atomic mass is 9.99. The van der Waals surface area contributed by atoms with E-state index < -0.39 is 5.91 Å². The molecule has 0 atom stereocenters. The molecular formula is C24H28N6O2. The Kier molecular flexibility index (Phi) is 5.61. The van der Waals surface area contributed by atoms with E-state index in [1.807, 2.05) is 62.8 Å². The summed E-state index contributed by atoms with van der Waals surface area (Å²) < 4.78 is 5.57. The van der Waals surface area contributed by atoms with Gasteiger partial charge in [0.25, 0.3) is 11.5 Å². The van der Waals surface area contributed by atoms with E-state index in [1.165, 1.54) is 0 Å². The predicted molar refractivity (Wildman–Crippen MR) is 124 cm³/mol. The minimum atomic E-state index is -0.526. The van der Waals surface area contributed by atoms with E-state index in [1.54, 1.807) is 17.2 Å². The lowest BCUT2D eigenvalue weighted by Gasteiger charge is -2.11. The summed E-state index contributed by atoms with van der Waals surface area (Å²) in [4.78, 5) is 33.5. The Morgan fingerprint density at radius 2 is 1.84 bits per heavy atom. The smallest absolute Gasteiger partial charge is 0.279 e. The highest BCUT2D eigenvalue weighted by Gasteiger charge is 2.29. The summed E-state index contributed by atoms with van der Waals surface area (Å²) in [5, 5.41) is 0. The van der Waals surface area contributed by atoms with E-state index in [9.17, 15) is 9.59 Å². The van der Waals surface area contributed by atoms with Crippen LogP contribution < -0.4 is 11.3 Å². The predicted octanol–water partition coefficient (Wildman–Crippen LogP) is 2.89. The first-order valence-electron chi connectivity index (χ1n) is 10.7. The van der Waals surface area contributed by atoms with Gasteiger partial charge in [-0.15, -0.1) is 0 Å². The Bertz CT molecular complexity index is 1320. The molecule has 4 aromatic rings. The number of aromatic nitrogens is 5. The molecule has 0 fully saturated rings. The topological polar surface area (TPSA) is 104 Å². The first-order chi connectivity index (χ1) is 15.4. The minimum Gasteiger partial charge on any atom is -0.366 e. The number of primary amides is 1. The second-order valence-electron chi connectivity index (χ2n) is 7.91. The molecule has 0 saturated heterocycles. The Balaban J connectivity index is 1.95. The van der Waals surface area contributed by atoms with Crippen LogP contribution in [0.4, 0.5) is 0 Å². The maximum Gasteiger partial charge on any atom is 0.279 e. The third-order valence-corrected chi connectivity index (χ3v) is 6.18. The third-order valence-electron chi connectivity index (χ3n) is 6.18. The Morgan fingerprint density at radius 1 is 1.12 bits per heavy atom. The minimum absolute atomic E-state index is 0.167. The number of hydrogen-bond acceptors (Lipinski definition) is 3. The highest BCUT2D eigenvalue weighted by molar-refractivity contribution is 6.02. The molecule has 32 heavy (non-hydrogen) atoms. The van der Waals surface area contributed by atoms with Crippen LogP contribution in [0.15, 0.2) is 47.7 Å². The van der Waals surface area contributed by atoms with Gasteiger partial charge in [-0.2, -0.15) is 0 Å². The molecule has 0 aliphatic heterocycles. The SMILES string of the molecule is CCc1c(-c2c(C)n(C)n(-c3ccccc3)c2=O)c(C(N)=O)c(C)n1CCc1cnc[nH]1. The first-order valence-corrected chi connectivity index (χ1v) is 10.7. The zero-order chi connectivity index (χ0) is 23.0. The van der Waals surface area contributed by atoms with Crippen molar-refractivity contribution in [3.05, 3.63) is 81.5 Å². The molecule has 166 valence electrons. The number of nitrogens with zero attached hydrogens (tertiary/aromatic N) is 4. The summed E-state index contributed by atoms with van der Waals surface area (Å²) in [5.74, 6) is -0.526. The van der Waals surface area contributed by atoms with Crippen molar-refractivity contribution in [2.24, 2.45) is 12.8 Å². The highest BCUT2D eigenvalue weighted by Crippen LogP contribution is 2.34. The van der Waals surface area contributed by atoms with Gasteiger partial charge < -0.3 is 15.3 Å². The number of rotatable bonds is 7. The van der Waals surface area contributed by atoms with Gasteiger partial charge in [-0.3, -0.25) is 14.3 Å². The second-order valence-corrected chi connectivity index (χ2v) is 7.91. The summed E-state index contributed by atoms with van der Waals surface area (Å²) in [5.41, 5.74) is 11.5. The summed E-state index contributed by atoms with van der Waals surface area (Å²) in [7, 11) is 1.85. The molecular weight excluding hydrogens is 404 g/mol. The molecule has 4 rings (SSSR count). The van der Waals surface area contributed by atoms with Crippen molar-refractivity contribution in [3.8, 4) is 16.8 Å². The van der Waals surface area contributed by atoms with Crippen LogP contribution in [0.2, 0.25) is 0 Å². The summed E-state index contributed by atoms with van der Waals surface area (Å²) in [6.45, 7) is 6.47. The van der Waals surface area contributed by atoms with Crippen molar-refractivity contribution >= 4 is 5.91 Å². The number of aromatic amines is 1. The van der Waals surface area contributed by atoms with Crippen LogP contribution in [0.5, 0.6) is 0 Å². The van der Waals surface area contributed by atoms with Crippen LogP contribution in [-0.2, 0) is 26.4 Å². The van der Waals surface area contributed by atoms with Crippen molar-refractivity contribution in [3.63, 3.8) is 0 Å². The normalized spacial score (nSPS) is 11.2. The van der Waals surface area contributed by atoms with Gasteiger partial charge >= 0.3 is 0 Å². The fourth-order valence-electron chi connectivity index (χ4n) is 4.55. The van der Waals surface area contributed by atoms with Crippen LogP contribution in [-0.4, -0.2) is 29.8 Å². The van der Waals surface area contributed by atoms with Crippen molar-refractivity contribution in [2.75, 3.05) is 0 Å². The molecule has 3 N–H and O–H groups in total. The monoisotopic (exact) mass is 432 g/mol. The van der Waals surface area contributed by atoms with E-state index in [2.05, 4.69) is 14.5 Å². The summed E-state index contributed by atoms with van der Waals surface area (Å²) in [6, 6.07) is 9.48. The van der Waals surface area contributed by atoms with Gasteiger partial charge in [-0.1, -0.05) is 25.1 Å². The zero-order valence-corrected chi connectivity index (χ0v) is 18.8. The van der Waals surface area contributed by atoms with Gasteiger partial charge in [-0.25, -0.2) is 9.67 Å². The number of H-pyrrole nitrogens is 1. The number of carbonyl (C=O) groups is 1. The third kappa shape index (κ3) is 3.37. The molecule has 0 aliphatic carbocycles. The quantitative estimate of drug-likeness (QED) is 0.469. The first kappa shape index (κ1) is 21.4. The molecule has 8 nitrogen and oxygen atoms in total. The number of nitrogens with two attached hydrogens (primary N) is 1.